The van der Waals surface area contributed by atoms with Crippen LogP contribution in [0.3, 0.4) is 0 Å². The fourth-order valence-corrected chi connectivity index (χ4v) is 4.88. The lowest BCUT2D eigenvalue weighted by atomic mass is 9.85. The van der Waals surface area contributed by atoms with E-state index in [9.17, 15) is 19.2 Å². The number of amides is 4. The highest BCUT2D eigenvalue weighted by Gasteiger charge is 2.35. The second kappa shape index (κ2) is 9.99. The Balaban J connectivity index is 0.000000166. The predicted octanol–water partition coefficient (Wildman–Crippen LogP) is 3.51. The van der Waals surface area contributed by atoms with Gasteiger partial charge in [-0.05, 0) is 31.6 Å². The Morgan fingerprint density at radius 2 is 1.00 bits per heavy atom. The summed E-state index contributed by atoms with van der Waals surface area (Å²) >= 11 is 0. The topological polar surface area (TPSA) is 74.8 Å². The van der Waals surface area contributed by atoms with Gasteiger partial charge in [-0.1, -0.05) is 51.9 Å². The smallest absolute Gasteiger partial charge is 0.253 e. The Morgan fingerprint density at radius 1 is 0.586 bits per heavy atom. The zero-order valence-electron chi connectivity index (χ0n) is 17.3. The number of nitrogens with zero attached hydrogens (tertiary/aromatic N) is 2. The van der Waals surface area contributed by atoms with Crippen LogP contribution in [0.1, 0.15) is 77.6 Å². The number of rotatable bonds is 2. The van der Waals surface area contributed by atoms with Gasteiger partial charge in [-0.25, -0.2) is 0 Å². The molecule has 0 aromatic heterocycles. The first kappa shape index (κ1) is 21.5. The molecule has 2 aliphatic carbocycles. The van der Waals surface area contributed by atoms with Crippen molar-refractivity contribution in [2.75, 3.05) is 0 Å². The monoisotopic (exact) mass is 400 g/mol. The standard InChI is InChI=1S/C12H17NO2.C11H15NO2/c14-11-8-9-12(15)13(11)10-6-4-2-1-3-5-7-10;1-8-4-2-3-5-9(8)12-10(13)6-7-11(12)14/h8-10H,1-7H2;6-9H,2-5H2,1H3. The van der Waals surface area contributed by atoms with Crippen LogP contribution in [-0.4, -0.2) is 45.5 Å². The molecule has 4 aliphatic rings. The minimum Gasteiger partial charge on any atom is -0.272 e. The fourth-order valence-electron chi connectivity index (χ4n) is 4.88. The molecule has 6 nitrogen and oxygen atoms in total. The van der Waals surface area contributed by atoms with E-state index in [2.05, 4.69) is 6.92 Å². The van der Waals surface area contributed by atoms with Crippen LogP contribution in [0.25, 0.3) is 0 Å². The second-order valence-electron chi connectivity index (χ2n) is 8.59. The van der Waals surface area contributed by atoms with E-state index in [1.54, 1.807) is 0 Å². The average Bonchev–Trinajstić information content (AvgIpc) is 3.18. The van der Waals surface area contributed by atoms with E-state index in [1.807, 2.05) is 0 Å². The van der Waals surface area contributed by atoms with Crippen molar-refractivity contribution in [2.24, 2.45) is 5.92 Å². The quantitative estimate of drug-likeness (QED) is 0.665. The molecule has 0 bridgehead atoms. The van der Waals surface area contributed by atoms with Gasteiger partial charge >= 0.3 is 0 Å². The molecule has 0 aromatic carbocycles. The Morgan fingerprint density at radius 3 is 1.52 bits per heavy atom. The van der Waals surface area contributed by atoms with Crippen LogP contribution in [0.5, 0.6) is 0 Å². The summed E-state index contributed by atoms with van der Waals surface area (Å²) in [5.74, 6) is -0.0461. The van der Waals surface area contributed by atoms with Gasteiger partial charge in [-0.2, -0.15) is 0 Å². The third kappa shape index (κ3) is 5.22. The molecule has 158 valence electrons. The van der Waals surface area contributed by atoms with E-state index in [0.717, 1.165) is 44.9 Å². The van der Waals surface area contributed by atoms with Crippen LogP contribution in [0.2, 0.25) is 0 Å². The zero-order chi connectivity index (χ0) is 20.8. The summed E-state index contributed by atoms with van der Waals surface area (Å²) in [6, 6.07) is 0.291. The maximum Gasteiger partial charge on any atom is 0.253 e. The molecule has 2 fully saturated rings. The SMILES string of the molecule is CC1CCCCC1N1C(=O)C=CC1=O.O=C1C=CC(=O)N1C1CCCCCCC1. The van der Waals surface area contributed by atoms with Gasteiger partial charge < -0.3 is 0 Å². The maximum atomic E-state index is 11.5. The Kier molecular flexibility index (Phi) is 7.40. The minimum absolute atomic E-state index is 0.120. The molecule has 0 saturated heterocycles. The Bertz CT molecular complexity index is 668. The van der Waals surface area contributed by atoms with E-state index >= 15 is 0 Å². The Labute approximate surface area is 173 Å². The lowest BCUT2D eigenvalue weighted by Gasteiger charge is -2.34. The van der Waals surface area contributed by atoms with Crippen molar-refractivity contribution in [3.8, 4) is 0 Å². The van der Waals surface area contributed by atoms with Gasteiger partial charge in [0.1, 0.15) is 0 Å². The summed E-state index contributed by atoms with van der Waals surface area (Å²) < 4.78 is 0. The van der Waals surface area contributed by atoms with Crippen molar-refractivity contribution in [1.82, 2.24) is 9.80 Å². The molecule has 2 atom stereocenters. The minimum atomic E-state index is -0.131. The number of carbonyl (C=O) groups excluding carboxylic acids is 4. The molecule has 4 rings (SSSR count). The van der Waals surface area contributed by atoms with Crippen LogP contribution in [-0.2, 0) is 19.2 Å². The lowest BCUT2D eigenvalue weighted by Crippen LogP contribution is -2.45. The summed E-state index contributed by atoms with van der Waals surface area (Å²) in [6.45, 7) is 2.13. The maximum absolute atomic E-state index is 11.5. The summed E-state index contributed by atoms with van der Waals surface area (Å²) in [7, 11) is 0. The number of hydrogen-bond donors (Lipinski definition) is 0. The van der Waals surface area contributed by atoms with E-state index in [-0.39, 0.29) is 35.7 Å². The van der Waals surface area contributed by atoms with Crippen LogP contribution in [0, 0.1) is 5.92 Å². The summed E-state index contributed by atoms with van der Waals surface area (Å²) in [4.78, 5) is 48.8. The van der Waals surface area contributed by atoms with Crippen LogP contribution >= 0.6 is 0 Å². The van der Waals surface area contributed by atoms with Crippen LogP contribution in [0.15, 0.2) is 24.3 Å². The molecular formula is C23H32N2O4. The molecule has 0 spiro atoms. The molecule has 0 N–H and O–H groups in total. The molecule has 29 heavy (non-hydrogen) atoms. The van der Waals surface area contributed by atoms with Crippen molar-refractivity contribution in [3.05, 3.63) is 24.3 Å². The Hall–Kier alpha value is -2.24. The van der Waals surface area contributed by atoms with Gasteiger partial charge in [-0.3, -0.25) is 29.0 Å². The highest BCUT2D eigenvalue weighted by molar-refractivity contribution is 6.13. The number of carbonyl (C=O) groups is 4. The molecular weight excluding hydrogens is 368 g/mol. The van der Waals surface area contributed by atoms with Crippen molar-refractivity contribution >= 4 is 23.6 Å². The normalized spacial score (nSPS) is 28.4. The lowest BCUT2D eigenvalue weighted by molar-refractivity contribution is -0.142. The van der Waals surface area contributed by atoms with E-state index < -0.39 is 0 Å². The largest absolute Gasteiger partial charge is 0.272 e. The van der Waals surface area contributed by atoms with E-state index in [4.69, 9.17) is 0 Å². The third-order valence-corrected chi connectivity index (χ3v) is 6.52. The summed E-state index contributed by atoms with van der Waals surface area (Å²) in [5, 5.41) is 0. The third-order valence-electron chi connectivity index (χ3n) is 6.52. The van der Waals surface area contributed by atoms with Gasteiger partial charge in [0.15, 0.2) is 0 Å². The molecule has 0 aromatic rings. The van der Waals surface area contributed by atoms with Gasteiger partial charge in [0, 0.05) is 36.4 Å². The average molecular weight is 401 g/mol. The zero-order valence-corrected chi connectivity index (χ0v) is 17.3. The first-order valence-corrected chi connectivity index (χ1v) is 11.1. The molecule has 0 radical (unpaired) electrons. The van der Waals surface area contributed by atoms with Crippen LogP contribution < -0.4 is 0 Å². The summed E-state index contributed by atoms with van der Waals surface area (Å²) in [5.41, 5.74) is 0. The van der Waals surface area contributed by atoms with Crippen molar-refractivity contribution in [1.29, 1.82) is 0 Å². The van der Waals surface area contributed by atoms with Gasteiger partial charge in [-0.15, -0.1) is 0 Å². The van der Waals surface area contributed by atoms with Crippen molar-refractivity contribution in [2.45, 2.75) is 89.6 Å². The first-order chi connectivity index (χ1) is 14.0. The highest BCUT2D eigenvalue weighted by atomic mass is 16.2. The molecule has 4 amide bonds. The molecule has 6 heteroatoms. The van der Waals surface area contributed by atoms with Crippen LogP contribution in [0.4, 0.5) is 0 Å². The second-order valence-corrected chi connectivity index (χ2v) is 8.59. The molecule has 2 heterocycles. The van der Waals surface area contributed by atoms with E-state index in [0.29, 0.717) is 5.92 Å². The van der Waals surface area contributed by atoms with Crippen molar-refractivity contribution < 1.29 is 19.2 Å². The number of hydrogen-bond acceptors (Lipinski definition) is 4. The van der Waals surface area contributed by atoms with E-state index in [1.165, 1.54) is 59.8 Å². The molecule has 2 unspecified atom stereocenters. The number of imide groups is 2. The predicted molar refractivity (Wildman–Crippen MR) is 110 cm³/mol. The van der Waals surface area contributed by atoms with Gasteiger partial charge in [0.2, 0.25) is 0 Å². The molecule has 2 aliphatic heterocycles. The highest BCUT2D eigenvalue weighted by Crippen LogP contribution is 2.29. The first-order valence-electron chi connectivity index (χ1n) is 11.1. The summed E-state index contributed by atoms with van der Waals surface area (Å²) in [6.07, 6.45) is 18.0. The fraction of sp³-hybridized carbons (Fsp3) is 0.652. The molecule has 2 saturated carbocycles. The van der Waals surface area contributed by atoms with Crippen molar-refractivity contribution in [3.63, 3.8) is 0 Å². The van der Waals surface area contributed by atoms with Gasteiger partial charge in [0.25, 0.3) is 23.6 Å². The van der Waals surface area contributed by atoms with Gasteiger partial charge in [0.05, 0.1) is 0 Å².